The summed E-state index contributed by atoms with van der Waals surface area (Å²) in [4.78, 5) is 0. The van der Waals surface area contributed by atoms with Gasteiger partial charge in [0.2, 0.25) is 0 Å². The van der Waals surface area contributed by atoms with Crippen molar-refractivity contribution in [1.82, 2.24) is 5.32 Å². The van der Waals surface area contributed by atoms with Crippen molar-refractivity contribution >= 4 is 9.84 Å². The minimum Gasteiger partial charge on any atom is -0.384 e. The molecule has 0 fully saturated rings. The second kappa shape index (κ2) is 8.07. The Balaban J connectivity index is 3.65. The lowest BCUT2D eigenvalue weighted by atomic mass is 10.2. The first-order valence-corrected chi connectivity index (χ1v) is 7.26. The van der Waals surface area contributed by atoms with Crippen molar-refractivity contribution in [3.8, 4) is 0 Å². The minimum absolute atomic E-state index is 0.138. The van der Waals surface area contributed by atoms with Gasteiger partial charge in [0.1, 0.15) is 0 Å². The van der Waals surface area contributed by atoms with E-state index < -0.39 is 9.84 Å². The third kappa shape index (κ3) is 8.84. The van der Waals surface area contributed by atoms with E-state index in [9.17, 15) is 8.42 Å². The second-order valence-corrected chi connectivity index (χ2v) is 6.05. The first-order chi connectivity index (χ1) is 7.02. The summed E-state index contributed by atoms with van der Waals surface area (Å²) in [6, 6.07) is 0.396. The molecule has 0 aliphatic rings. The van der Waals surface area contributed by atoms with Gasteiger partial charge >= 0.3 is 0 Å². The van der Waals surface area contributed by atoms with E-state index in [2.05, 4.69) is 12.2 Å². The van der Waals surface area contributed by atoms with Crippen LogP contribution in [0.2, 0.25) is 0 Å². The number of hydrogen-bond acceptors (Lipinski definition) is 4. The molecule has 0 heterocycles. The first kappa shape index (κ1) is 14.9. The Morgan fingerprint density at radius 1 is 1.33 bits per heavy atom. The molecule has 0 aromatic rings. The average molecular weight is 237 g/mol. The van der Waals surface area contributed by atoms with Crippen LogP contribution in [-0.2, 0) is 14.6 Å². The highest BCUT2D eigenvalue weighted by Gasteiger charge is 2.10. The molecule has 0 saturated carbocycles. The largest absolute Gasteiger partial charge is 0.384 e. The Bertz CT molecular complexity index is 239. The van der Waals surface area contributed by atoms with Gasteiger partial charge in [-0.25, -0.2) is 8.42 Å². The molecule has 0 aliphatic heterocycles. The Morgan fingerprint density at radius 3 is 2.53 bits per heavy atom. The fraction of sp³-hybridized carbons (Fsp3) is 1.00. The summed E-state index contributed by atoms with van der Waals surface area (Å²) in [6.45, 7) is 5.35. The lowest BCUT2D eigenvalue weighted by Crippen LogP contribution is -2.26. The van der Waals surface area contributed by atoms with E-state index in [0.29, 0.717) is 12.6 Å². The monoisotopic (exact) mass is 237 g/mol. The van der Waals surface area contributed by atoms with Crippen LogP contribution in [0.15, 0.2) is 0 Å². The van der Waals surface area contributed by atoms with Crippen LogP contribution in [0.3, 0.4) is 0 Å². The number of hydrogen-bond donors (Lipinski definition) is 1. The highest BCUT2D eigenvalue weighted by atomic mass is 32.2. The summed E-state index contributed by atoms with van der Waals surface area (Å²) < 4.78 is 27.6. The standard InChI is InChI=1S/C10H23NO3S/c1-4-11-10(2)6-5-8-15(12,13)9-7-14-3/h10-11H,4-9H2,1-3H3. The zero-order valence-electron chi connectivity index (χ0n) is 9.95. The average Bonchev–Trinajstić information content (AvgIpc) is 2.15. The third-order valence-corrected chi connectivity index (χ3v) is 3.94. The summed E-state index contributed by atoms with van der Waals surface area (Å²) in [5.74, 6) is 0.408. The molecular weight excluding hydrogens is 214 g/mol. The highest BCUT2D eigenvalue weighted by molar-refractivity contribution is 7.91. The Hall–Kier alpha value is -0.130. The molecule has 0 saturated heterocycles. The molecular formula is C10H23NO3S. The van der Waals surface area contributed by atoms with Gasteiger partial charge in [-0.05, 0) is 26.3 Å². The maximum absolute atomic E-state index is 11.4. The van der Waals surface area contributed by atoms with E-state index >= 15 is 0 Å². The van der Waals surface area contributed by atoms with E-state index in [4.69, 9.17) is 4.74 Å². The Morgan fingerprint density at radius 2 is 2.00 bits per heavy atom. The predicted molar refractivity (Wildman–Crippen MR) is 62.9 cm³/mol. The van der Waals surface area contributed by atoms with Crippen LogP contribution >= 0.6 is 0 Å². The molecule has 15 heavy (non-hydrogen) atoms. The molecule has 0 radical (unpaired) electrons. The van der Waals surface area contributed by atoms with Gasteiger partial charge in [-0.1, -0.05) is 6.92 Å². The van der Waals surface area contributed by atoms with Crippen LogP contribution in [0.4, 0.5) is 0 Å². The van der Waals surface area contributed by atoms with Crippen LogP contribution in [-0.4, -0.2) is 46.2 Å². The maximum Gasteiger partial charge on any atom is 0.152 e. The molecule has 0 rings (SSSR count). The Labute approximate surface area is 93.3 Å². The lowest BCUT2D eigenvalue weighted by molar-refractivity contribution is 0.217. The number of methoxy groups -OCH3 is 1. The smallest absolute Gasteiger partial charge is 0.152 e. The van der Waals surface area contributed by atoms with Crippen LogP contribution in [0.5, 0.6) is 0 Å². The molecule has 0 bridgehead atoms. The minimum atomic E-state index is -2.91. The molecule has 0 aromatic heterocycles. The van der Waals surface area contributed by atoms with E-state index in [-0.39, 0.29) is 11.5 Å². The van der Waals surface area contributed by atoms with Gasteiger partial charge in [0, 0.05) is 13.2 Å². The molecule has 0 aliphatic carbocycles. The van der Waals surface area contributed by atoms with Gasteiger partial charge < -0.3 is 10.1 Å². The summed E-state index contributed by atoms with van der Waals surface area (Å²) in [5.41, 5.74) is 0. The first-order valence-electron chi connectivity index (χ1n) is 5.44. The van der Waals surface area contributed by atoms with Crippen LogP contribution < -0.4 is 5.32 Å². The zero-order valence-corrected chi connectivity index (χ0v) is 10.8. The molecule has 1 N–H and O–H groups in total. The topological polar surface area (TPSA) is 55.4 Å². The fourth-order valence-corrected chi connectivity index (χ4v) is 2.60. The molecule has 5 heteroatoms. The van der Waals surface area contributed by atoms with Gasteiger partial charge in [0.15, 0.2) is 9.84 Å². The molecule has 1 unspecified atom stereocenters. The van der Waals surface area contributed by atoms with Gasteiger partial charge in [0.05, 0.1) is 18.1 Å². The van der Waals surface area contributed by atoms with E-state index in [1.165, 1.54) is 7.11 Å². The molecule has 1 atom stereocenters. The van der Waals surface area contributed by atoms with Crippen molar-refractivity contribution in [1.29, 1.82) is 0 Å². The van der Waals surface area contributed by atoms with E-state index in [0.717, 1.165) is 19.4 Å². The van der Waals surface area contributed by atoms with Crippen molar-refractivity contribution in [2.24, 2.45) is 0 Å². The number of rotatable bonds is 9. The van der Waals surface area contributed by atoms with Crippen molar-refractivity contribution in [2.75, 3.05) is 31.8 Å². The summed E-state index contributed by atoms with van der Waals surface area (Å²) >= 11 is 0. The zero-order chi connectivity index (χ0) is 11.7. The van der Waals surface area contributed by atoms with E-state index in [1.807, 2.05) is 6.92 Å². The normalized spacial score (nSPS) is 14.1. The van der Waals surface area contributed by atoms with Gasteiger partial charge in [-0.3, -0.25) is 0 Å². The van der Waals surface area contributed by atoms with Crippen molar-refractivity contribution < 1.29 is 13.2 Å². The van der Waals surface area contributed by atoms with Crippen molar-refractivity contribution in [3.63, 3.8) is 0 Å². The highest BCUT2D eigenvalue weighted by Crippen LogP contribution is 2.01. The number of nitrogens with one attached hydrogen (secondary N) is 1. The van der Waals surface area contributed by atoms with Gasteiger partial charge in [-0.2, -0.15) is 0 Å². The molecule has 4 nitrogen and oxygen atoms in total. The van der Waals surface area contributed by atoms with Crippen molar-refractivity contribution in [2.45, 2.75) is 32.7 Å². The van der Waals surface area contributed by atoms with Crippen LogP contribution in [0, 0.1) is 0 Å². The number of ether oxygens (including phenoxy) is 1. The van der Waals surface area contributed by atoms with Gasteiger partial charge in [0.25, 0.3) is 0 Å². The van der Waals surface area contributed by atoms with E-state index in [1.54, 1.807) is 0 Å². The van der Waals surface area contributed by atoms with Crippen LogP contribution in [0.1, 0.15) is 26.7 Å². The molecule has 0 amide bonds. The SMILES string of the molecule is CCNC(C)CCCS(=O)(=O)CCOC. The van der Waals surface area contributed by atoms with Crippen LogP contribution in [0.25, 0.3) is 0 Å². The molecule has 92 valence electrons. The lowest BCUT2D eigenvalue weighted by Gasteiger charge is -2.11. The summed E-state index contributed by atoms with van der Waals surface area (Å²) in [6.07, 6.45) is 1.63. The maximum atomic E-state index is 11.4. The fourth-order valence-electron chi connectivity index (χ4n) is 1.37. The third-order valence-electron chi connectivity index (χ3n) is 2.24. The van der Waals surface area contributed by atoms with Gasteiger partial charge in [-0.15, -0.1) is 0 Å². The number of sulfone groups is 1. The van der Waals surface area contributed by atoms with Crippen molar-refractivity contribution in [3.05, 3.63) is 0 Å². The quantitative estimate of drug-likeness (QED) is 0.645. The molecule has 0 aromatic carbocycles. The Kier molecular flexibility index (Phi) is 8.00. The second-order valence-electron chi connectivity index (χ2n) is 3.75. The predicted octanol–water partition coefficient (Wildman–Crippen LogP) is 0.826. The summed E-state index contributed by atoms with van der Waals surface area (Å²) in [5, 5.41) is 3.26. The molecule has 0 spiro atoms. The summed E-state index contributed by atoms with van der Waals surface area (Å²) in [7, 11) is -1.39.